The quantitative estimate of drug-likeness (QED) is 0.243. The number of fused-ring (bicyclic) bond motifs is 2. The number of aliphatic hydroxyl groups is 1. The lowest BCUT2D eigenvalue weighted by molar-refractivity contribution is -0.127. The highest BCUT2D eigenvalue weighted by Crippen LogP contribution is 2.35. The molecule has 3 aromatic heterocycles. The summed E-state index contributed by atoms with van der Waals surface area (Å²) in [4.78, 5) is 26.0. The number of benzene rings is 2. The van der Waals surface area contributed by atoms with Crippen LogP contribution in [0.4, 0.5) is 11.5 Å². The number of β-amino-alcohol motifs (C(OH)–C–C–N with tert-alkyl or cyclic N) is 1. The number of carbonyl (C=O) groups excluding carboxylic acids is 1. The van der Waals surface area contributed by atoms with E-state index in [1.165, 1.54) is 5.56 Å². The Bertz CT molecular complexity index is 1870. The van der Waals surface area contributed by atoms with Gasteiger partial charge in [0, 0.05) is 63.8 Å². The standard InChI is InChI=1S/C34H38N8O3/c1-23-18-25(5-8-31(23)45-27-6-7-30-29(19-27)36-22-39(30)2)38-34-33-28(12-17-42(33)37-21-35-34)24-9-15-41(16-10-24)32(44)4-3-13-40-14-11-26(43)20-40/h3-8,12,17-19,21-22,24,26,43H,9-11,13-16,20H2,1-2H3,(H,35,37,38)/b4-3+. The molecule has 2 aliphatic rings. The Labute approximate surface area is 261 Å². The van der Waals surface area contributed by atoms with Crippen LogP contribution in [0.25, 0.3) is 16.6 Å². The maximum absolute atomic E-state index is 12.8. The fourth-order valence-corrected chi connectivity index (χ4v) is 6.48. The molecule has 2 aromatic carbocycles. The zero-order valence-electron chi connectivity index (χ0n) is 25.6. The fraction of sp³-hybridized carbons (Fsp3) is 0.353. The number of rotatable bonds is 8. The van der Waals surface area contributed by atoms with E-state index in [1.807, 2.05) is 70.6 Å². The number of imidazole rings is 1. The van der Waals surface area contributed by atoms with Crippen LogP contribution in [0.2, 0.25) is 0 Å². The van der Waals surface area contributed by atoms with E-state index in [1.54, 1.807) is 18.7 Å². The molecule has 232 valence electrons. The van der Waals surface area contributed by atoms with Crippen LogP contribution in [0.3, 0.4) is 0 Å². The van der Waals surface area contributed by atoms with Gasteiger partial charge < -0.3 is 24.6 Å². The molecule has 0 aliphatic carbocycles. The molecule has 0 saturated carbocycles. The van der Waals surface area contributed by atoms with Crippen molar-refractivity contribution in [1.29, 1.82) is 0 Å². The summed E-state index contributed by atoms with van der Waals surface area (Å²) < 4.78 is 10.1. The van der Waals surface area contributed by atoms with Crippen molar-refractivity contribution in [3.8, 4) is 11.5 Å². The van der Waals surface area contributed by atoms with E-state index in [9.17, 15) is 9.90 Å². The third kappa shape index (κ3) is 6.13. The number of aromatic nitrogens is 5. The minimum absolute atomic E-state index is 0.0562. The molecule has 0 bridgehead atoms. The zero-order valence-corrected chi connectivity index (χ0v) is 25.6. The highest BCUT2D eigenvalue weighted by molar-refractivity contribution is 5.87. The molecule has 7 rings (SSSR count). The van der Waals surface area contributed by atoms with Gasteiger partial charge in [0.05, 0.1) is 23.5 Å². The summed E-state index contributed by atoms with van der Waals surface area (Å²) in [5.41, 5.74) is 5.99. The third-order valence-electron chi connectivity index (χ3n) is 8.97. The maximum atomic E-state index is 12.8. The number of hydrogen-bond donors (Lipinski definition) is 2. The number of piperidine rings is 1. The molecular weight excluding hydrogens is 568 g/mol. The van der Waals surface area contributed by atoms with E-state index in [4.69, 9.17) is 4.74 Å². The van der Waals surface area contributed by atoms with Crippen LogP contribution >= 0.6 is 0 Å². The molecule has 1 atom stereocenters. The van der Waals surface area contributed by atoms with Crippen LogP contribution < -0.4 is 10.1 Å². The number of aliphatic hydroxyl groups excluding tert-OH is 1. The van der Waals surface area contributed by atoms with Crippen LogP contribution in [0.1, 0.15) is 36.3 Å². The van der Waals surface area contributed by atoms with Crippen molar-refractivity contribution in [2.45, 2.75) is 38.2 Å². The first kappa shape index (κ1) is 29.0. The van der Waals surface area contributed by atoms with E-state index >= 15 is 0 Å². The van der Waals surface area contributed by atoms with Gasteiger partial charge in [-0.2, -0.15) is 5.10 Å². The normalized spacial score (nSPS) is 18.0. The first-order valence-corrected chi connectivity index (χ1v) is 15.6. The van der Waals surface area contributed by atoms with Crippen LogP contribution in [0.5, 0.6) is 11.5 Å². The van der Waals surface area contributed by atoms with Crippen molar-refractivity contribution >= 4 is 34.0 Å². The van der Waals surface area contributed by atoms with Crippen LogP contribution in [-0.2, 0) is 11.8 Å². The van der Waals surface area contributed by atoms with E-state index in [0.717, 1.165) is 70.9 Å². The summed E-state index contributed by atoms with van der Waals surface area (Å²) in [6, 6.07) is 14.1. The lowest BCUT2D eigenvalue weighted by Crippen LogP contribution is -2.37. The molecule has 1 unspecified atom stereocenters. The molecule has 2 aliphatic heterocycles. The second-order valence-electron chi connectivity index (χ2n) is 12.1. The highest BCUT2D eigenvalue weighted by Gasteiger charge is 2.26. The summed E-state index contributed by atoms with van der Waals surface area (Å²) in [5, 5.41) is 17.7. The van der Waals surface area contributed by atoms with Gasteiger partial charge in [-0.25, -0.2) is 14.5 Å². The number of ether oxygens (including phenoxy) is 1. The molecular formula is C34H38N8O3. The van der Waals surface area contributed by atoms with Crippen molar-refractivity contribution in [3.05, 3.63) is 84.6 Å². The van der Waals surface area contributed by atoms with Gasteiger partial charge in [0.15, 0.2) is 5.82 Å². The van der Waals surface area contributed by atoms with Crippen molar-refractivity contribution in [3.63, 3.8) is 0 Å². The monoisotopic (exact) mass is 606 g/mol. The van der Waals surface area contributed by atoms with Crippen molar-refractivity contribution in [2.75, 3.05) is 38.0 Å². The predicted octanol–water partition coefficient (Wildman–Crippen LogP) is 4.79. The summed E-state index contributed by atoms with van der Waals surface area (Å²) in [7, 11) is 1.98. The average molecular weight is 607 g/mol. The van der Waals surface area contributed by atoms with Gasteiger partial charge in [0.2, 0.25) is 5.91 Å². The Kier molecular flexibility index (Phi) is 7.95. The van der Waals surface area contributed by atoms with Gasteiger partial charge in [-0.15, -0.1) is 0 Å². The van der Waals surface area contributed by atoms with Crippen LogP contribution in [0.15, 0.2) is 73.5 Å². The summed E-state index contributed by atoms with van der Waals surface area (Å²) in [6.07, 6.45) is 11.3. The SMILES string of the molecule is Cc1cc(Nc2ncnn3ccc(C4CCN(C(=O)/C=C/CN5CCC(O)C5)CC4)c23)ccc1Oc1ccc2c(c1)ncn2C. The Morgan fingerprint density at radius 3 is 2.76 bits per heavy atom. The molecule has 2 fully saturated rings. The lowest BCUT2D eigenvalue weighted by atomic mass is 9.90. The lowest BCUT2D eigenvalue weighted by Gasteiger charge is -2.31. The number of nitrogens with one attached hydrogen (secondary N) is 1. The van der Waals surface area contributed by atoms with Gasteiger partial charge in [-0.3, -0.25) is 9.69 Å². The van der Waals surface area contributed by atoms with Gasteiger partial charge in [0.25, 0.3) is 0 Å². The maximum Gasteiger partial charge on any atom is 0.246 e. The molecule has 45 heavy (non-hydrogen) atoms. The molecule has 11 heteroatoms. The third-order valence-corrected chi connectivity index (χ3v) is 8.97. The van der Waals surface area contributed by atoms with Crippen molar-refractivity contribution in [2.24, 2.45) is 7.05 Å². The van der Waals surface area contributed by atoms with E-state index in [-0.39, 0.29) is 12.0 Å². The summed E-state index contributed by atoms with van der Waals surface area (Å²) in [6.45, 7) is 5.69. The average Bonchev–Trinajstić information content (AvgIpc) is 3.77. The fourth-order valence-electron chi connectivity index (χ4n) is 6.48. The Balaban J connectivity index is 1.01. The number of anilines is 2. The number of hydrogen-bond acceptors (Lipinski definition) is 8. The van der Waals surface area contributed by atoms with Crippen molar-refractivity contribution < 1.29 is 14.6 Å². The Morgan fingerprint density at radius 2 is 1.96 bits per heavy atom. The van der Waals surface area contributed by atoms with Gasteiger partial charge in [-0.05, 0) is 79.6 Å². The smallest absolute Gasteiger partial charge is 0.246 e. The molecule has 2 N–H and O–H groups in total. The Morgan fingerprint density at radius 1 is 1.09 bits per heavy atom. The number of aryl methyl sites for hydroxylation is 2. The predicted molar refractivity (Wildman–Crippen MR) is 173 cm³/mol. The minimum atomic E-state index is -0.247. The highest BCUT2D eigenvalue weighted by atomic mass is 16.5. The molecule has 0 spiro atoms. The molecule has 1 amide bonds. The molecule has 11 nitrogen and oxygen atoms in total. The number of carbonyl (C=O) groups is 1. The topological polar surface area (TPSA) is 113 Å². The number of amides is 1. The van der Waals surface area contributed by atoms with E-state index in [0.29, 0.717) is 32.1 Å². The number of likely N-dealkylation sites (tertiary alicyclic amines) is 2. The second kappa shape index (κ2) is 12.3. The number of nitrogens with zero attached hydrogens (tertiary/aromatic N) is 7. The largest absolute Gasteiger partial charge is 0.457 e. The Hall–Kier alpha value is -4.74. The molecule has 2 saturated heterocycles. The van der Waals surface area contributed by atoms with Gasteiger partial charge in [-0.1, -0.05) is 6.08 Å². The van der Waals surface area contributed by atoms with Crippen LogP contribution in [-0.4, -0.2) is 83.8 Å². The van der Waals surface area contributed by atoms with Crippen LogP contribution in [0, 0.1) is 6.92 Å². The molecule has 5 aromatic rings. The van der Waals surface area contributed by atoms with Gasteiger partial charge >= 0.3 is 0 Å². The molecule has 5 heterocycles. The van der Waals surface area contributed by atoms with E-state index in [2.05, 4.69) is 37.4 Å². The zero-order chi connectivity index (χ0) is 30.9. The second-order valence-corrected chi connectivity index (χ2v) is 12.1. The first-order valence-electron chi connectivity index (χ1n) is 15.6. The minimum Gasteiger partial charge on any atom is -0.457 e. The molecule has 0 radical (unpaired) electrons. The summed E-state index contributed by atoms with van der Waals surface area (Å²) in [5.74, 6) is 2.62. The van der Waals surface area contributed by atoms with E-state index < -0.39 is 0 Å². The van der Waals surface area contributed by atoms with Gasteiger partial charge in [0.1, 0.15) is 23.3 Å². The summed E-state index contributed by atoms with van der Waals surface area (Å²) >= 11 is 0. The van der Waals surface area contributed by atoms with Crippen molar-refractivity contribution in [1.82, 2.24) is 33.9 Å². The first-order chi connectivity index (χ1) is 21.9.